The number of hydrogen-bond acceptors (Lipinski definition) is 8. The molecule has 6 N–H and O–H groups in total. The molecule has 0 heterocycles. The first-order valence-electron chi connectivity index (χ1n) is 9.99. The minimum atomic E-state index is -2.71. The van der Waals surface area contributed by atoms with Gasteiger partial charge in [0.2, 0.25) is 5.78 Å². The van der Waals surface area contributed by atoms with Gasteiger partial charge in [-0.05, 0) is 57.0 Å². The van der Waals surface area contributed by atoms with Crippen molar-refractivity contribution in [1.82, 2.24) is 4.90 Å². The van der Waals surface area contributed by atoms with Crippen LogP contribution in [-0.2, 0) is 20.8 Å². The second-order valence-corrected chi connectivity index (χ2v) is 8.84. The number of carbonyl (C=O) groups excluding carboxylic acids is 3. The van der Waals surface area contributed by atoms with E-state index in [0.29, 0.717) is 11.1 Å². The van der Waals surface area contributed by atoms with Gasteiger partial charge in [-0.2, -0.15) is 0 Å². The molecule has 1 aromatic rings. The number of nitrogens with zero attached hydrogens (tertiary/aromatic N) is 1. The van der Waals surface area contributed by atoms with E-state index < -0.39 is 69.6 Å². The van der Waals surface area contributed by atoms with Crippen molar-refractivity contribution in [3.05, 3.63) is 45.5 Å². The van der Waals surface area contributed by atoms with Crippen LogP contribution < -0.4 is 5.73 Å². The third-order valence-corrected chi connectivity index (χ3v) is 6.90. The number of nitrogens with two attached hydrogens (primary N) is 1. The number of Topliss-reactive ketones (excluding diaryl/α,β-unsaturated/α-hetero) is 2. The third-order valence-electron chi connectivity index (χ3n) is 6.90. The summed E-state index contributed by atoms with van der Waals surface area (Å²) in [6.07, 6.45) is 0.123. The number of ketones is 2. The zero-order valence-electron chi connectivity index (χ0n) is 17.6. The molecule has 0 bridgehead atoms. The van der Waals surface area contributed by atoms with Crippen molar-refractivity contribution in [2.75, 3.05) is 14.1 Å². The van der Waals surface area contributed by atoms with Crippen molar-refractivity contribution in [3.8, 4) is 5.75 Å². The number of phenols is 1. The molecule has 1 aromatic carbocycles. The largest absolute Gasteiger partial charge is 0.508 e. The molecule has 1 saturated carbocycles. The molecule has 0 radical (unpaired) electrons. The molecule has 4 atom stereocenters. The first kappa shape index (κ1) is 22.0. The summed E-state index contributed by atoms with van der Waals surface area (Å²) in [5, 5.41) is 43.3. The van der Waals surface area contributed by atoms with Gasteiger partial charge in [0.25, 0.3) is 5.91 Å². The molecule has 1 fully saturated rings. The number of aromatic hydroxyl groups is 1. The Morgan fingerprint density at radius 2 is 1.88 bits per heavy atom. The van der Waals surface area contributed by atoms with Gasteiger partial charge in [-0.1, -0.05) is 0 Å². The standard InChI is InChI=1S/C22H23FN2O7/c1-7-4-11(23)16(26)13-9(7)5-8-6-10-15(25(2)3)18(28)14(21(24)31)20(30)22(10,32)19(29)12(8)17(13)27/h4,8,10,15,26-27,30,32H,5-6H2,1-3H3,(H2,24,31)/t8-,10-,15-,22-/m0/s1. The fourth-order valence-electron chi connectivity index (χ4n) is 5.46. The number of aliphatic hydroxyl groups is 3. The molecule has 9 nitrogen and oxygen atoms in total. The second-order valence-electron chi connectivity index (χ2n) is 8.84. The predicted molar refractivity (Wildman–Crippen MR) is 109 cm³/mol. The molecule has 4 rings (SSSR count). The van der Waals surface area contributed by atoms with Gasteiger partial charge in [-0.25, -0.2) is 4.39 Å². The van der Waals surface area contributed by atoms with Gasteiger partial charge in [0, 0.05) is 11.5 Å². The predicted octanol–water partition coefficient (Wildman–Crippen LogP) is 0.412. The van der Waals surface area contributed by atoms with Crippen LogP contribution in [-0.4, -0.2) is 68.5 Å². The van der Waals surface area contributed by atoms with Crippen LogP contribution in [0, 0.1) is 24.6 Å². The number of phenolic OH excluding ortho intramolecular Hbond substituents is 1. The lowest BCUT2D eigenvalue weighted by Crippen LogP contribution is -2.65. The molecule has 32 heavy (non-hydrogen) atoms. The van der Waals surface area contributed by atoms with Gasteiger partial charge < -0.3 is 26.2 Å². The normalized spacial score (nSPS) is 29.8. The molecule has 0 spiro atoms. The van der Waals surface area contributed by atoms with Gasteiger partial charge in [0.1, 0.15) is 17.1 Å². The Kier molecular flexibility index (Phi) is 4.72. The quantitative estimate of drug-likeness (QED) is 0.408. The highest BCUT2D eigenvalue weighted by Crippen LogP contribution is 2.53. The Hall–Kier alpha value is -3.24. The molecule has 10 heteroatoms. The van der Waals surface area contributed by atoms with Crippen molar-refractivity contribution in [2.24, 2.45) is 17.6 Å². The number of benzene rings is 1. The zero-order valence-corrected chi connectivity index (χ0v) is 17.6. The highest BCUT2D eigenvalue weighted by Gasteiger charge is 2.64. The Labute approximate surface area is 182 Å². The van der Waals surface area contributed by atoms with Crippen molar-refractivity contribution in [1.29, 1.82) is 0 Å². The SMILES string of the molecule is Cc1cc(F)c(O)c2c1C[C@H]1C[C@H]3[C@H](N(C)C)C(=O)C(C(N)=O)=C(O)[C@@]3(O)C(=O)C1=C2O. The molecule has 0 aromatic heterocycles. The minimum Gasteiger partial charge on any atom is -0.508 e. The number of primary amides is 1. The summed E-state index contributed by atoms with van der Waals surface area (Å²) in [6, 6.07) is -0.0244. The Balaban J connectivity index is 2.00. The second kappa shape index (κ2) is 6.88. The summed E-state index contributed by atoms with van der Waals surface area (Å²) >= 11 is 0. The molecule has 170 valence electrons. The maximum absolute atomic E-state index is 14.1. The minimum absolute atomic E-state index is 0.0106. The number of likely N-dealkylation sites (N-methyl/N-ethyl adjacent to an activating group) is 1. The molecular formula is C22H23FN2O7. The summed E-state index contributed by atoms with van der Waals surface area (Å²) in [6.45, 7) is 1.60. The molecule has 3 aliphatic carbocycles. The molecular weight excluding hydrogens is 423 g/mol. The highest BCUT2D eigenvalue weighted by molar-refractivity contribution is 6.24. The van der Waals surface area contributed by atoms with Crippen LogP contribution >= 0.6 is 0 Å². The summed E-state index contributed by atoms with van der Waals surface area (Å²) in [7, 11) is 3.05. The fourth-order valence-corrected chi connectivity index (χ4v) is 5.46. The maximum atomic E-state index is 14.1. The first-order chi connectivity index (χ1) is 14.8. The fraction of sp³-hybridized carbons (Fsp3) is 0.409. The van der Waals surface area contributed by atoms with E-state index in [1.165, 1.54) is 19.0 Å². The lowest BCUT2D eigenvalue weighted by atomic mass is 9.57. The first-order valence-corrected chi connectivity index (χ1v) is 9.99. The Morgan fingerprint density at radius 3 is 2.44 bits per heavy atom. The zero-order chi connectivity index (χ0) is 23.9. The number of amides is 1. The van der Waals surface area contributed by atoms with E-state index in [1.54, 1.807) is 6.92 Å². The average molecular weight is 446 g/mol. The van der Waals surface area contributed by atoms with Crippen molar-refractivity contribution >= 4 is 23.2 Å². The van der Waals surface area contributed by atoms with E-state index >= 15 is 0 Å². The molecule has 0 unspecified atom stereocenters. The topological polar surface area (TPSA) is 161 Å². The highest BCUT2D eigenvalue weighted by atomic mass is 19.1. The van der Waals surface area contributed by atoms with Gasteiger partial charge in [-0.15, -0.1) is 0 Å². The Bertz CT molecular complexity index is 1170. The van der Waals surface area contributed by atoms with Crippen LogP contribution in [0.25, 0.3) is 5.76 Å². The number of rotatable bonds is 2. The number of hydrogen-bond donors (Lipinski definition) is 5. The number of carbonyl (C=O) groups is 3. The average Bonchev–Trinajstić information content (AvgIpc) is 2.68. The van der Waals surface area contributed by atoms with E-state index in [1.807, 2.05) is 0 Å². The van der Waals surface area contributed by atoms with Crippen LogP contribution in [0.5, 0.6) is 5.75 Å². The summed E-state index contributed by atoms with van der Waals surface area (Å²) in [5.41, 5.74) is 2.01. The molecule has 1 amide bonds. The van der Waals surface area contributed by atoms with Gasteiger partial charge in [-0.3, -0.25) is 19.3 Å². The maximum Gasteiger partial charge on any atom is 0.255 e. The summed E-state index contributed by atoms with van der Waals surface area (Å²) in [5.74, 6) is -8.75. The lowest BCUT2D eigenvalue weighted by molar-refractivity contribution is -0.153. The van der Waals surface area contributed by atoms with E-state index in [-0.39, 0.29) is 24.0 Å². The van der Waals surface area contributed by atoms with Crippen LogP contribution in [0.3, 0.4) is 0 Å². The van der Waals surface area contributed by atoms with Crippen LogP contribution in [0.15, 0.2) is 23.0 Å². The Morgan fingerprint density at radius 1 is 1.25 bits per heavy atom. The molecule has 0 saturated heterocycles. The number of aryl methyl sites for hydroxylation is 1. The smallest absolute Gasteiger partial charge is 0.255 e. The van der Waals surface area contributed by atoms with Gasteiger partial charge >= 0.3 is 0 Å². The number of halogens is 1. The van der Waals surface area contributed by atoms with E-state index in [0.717, 1.165) is 6.07 Å². The monoisotopic (exact) mass is 446 g/mol. The van der Waals surface area contributed by atoms with E-state index in [9.17, 15) is 39.2 Å². The van der Waals surface area contributed by atoms with Crippen LogP contribution in [0.2, 0.25) is 0 Å². The van der Waals surface area contributed by atoms with Crippen LogP contribution in [0.4, 0.5) is 4.39 Å². The number of aliphatic hydroxyl groups excluding tert-OH is 2. The lowest BCUT2D eigenvalue weighted by Gasteiger charge is -2.50. The van der Waals surface area contributed by atoms with E-state index in [2.05, 4.69) is 0 Å². The van der Waals surface area contributed by atoms with Crippen molar-refractivity contribution in [2.45, 2.75) is 31.4 Å². The summed E-state index contributed by atoms with van der Waals surface area (Å²) in [4.78, 5) is 39.8. The molecule has 3 aliphatic rings. The van der Waals surface area contributed by atoms with E-state index in [4.69, 9.17) is 5.73 Å². The number of fused-ring (bicyclic) bond motifs is 3. The third kappa shape index (κ3) is 2.59. The van der Waals surface area contributed by atoms with Crippen molar-refractivity contribution in [3.63, 3.8) is 0 Å². The molecule has 0 aliphatic heterocycles. The van der Waals surface area contributed by atoms with Crippen molar-refractivity contribution < 1.29 is 39.2 Å². The van der Waals surface area contributed by atoms with Gasteiger partial charge in [0.15, 0.2) is 23.0 Å². The van der Waals surface area contributed by atoms with Crippen LogP contribution in [0.1, 0.15) is 23.1 Å². The summed E-state index contributed by atoms with van der Waals surface area (Å²) < 4.78 is 14.1. The van der Waals surface area contributed by atoms with Gasteiger partial charge in [0.05, 0.1) is 11.6 Å².